The molecule has 18 heavy (non-hydrogen) atoms. The predicted octanol–water partition coefficient (Wildman–Crippen LogP) is 2.49. The second kappa shape index (κ2) is 5.27. The van der Waals surface area contributed by atoms with E-state index in [0.717, 1.165) is 11.6 Å². The zero-order chi connectivity index (χ0) is 13.1. The number of hydrogen-bond donors (Lipinski definition) is 1. The second-order valence-electron chi connectivity index (χ2n) is 4.26. The van der Waals surface area contributed by atoms with Gasteiger partial charge < -0.3 is 5.32 Å². The van der Waals surface area contributed by atoms with E-state index in [1.54, 1.807) is 10.9 Å². The number of aromatic nitrogens is 2. The number of halogens is 2. The van der Waals surface area contributed by atoms with Crippen molar-refractivity contribution in [1.82, 2.24) is 15.1 Å². The van der Waals surface area contributed by atoms with E-state index in [1.807, 2.05) is 20.2 Å². The van der Waals surface area contributed by atoms with Crippen LogP contribution in [0.15, 0.2) is 30.6 Å². The lowest BCUT2D eigenvalue weighted by Gasteiger charge is -2.06. The van der Waals surface area contributed by atoms with Gasteiger partial charge in [0.15, 0.2) is 0 Å². The summed E-state index contributed by atoms with van der Waals surface area (Å²) < 4.78 is 27.7. The highest BCUT2D eigenvalue weighted by molar-refractivity contribution is 5.19. The number of benzene rings is 1. The molecule has 2 rings (SSSR count). The highest BCUT2D eigenvalue weighted by atomic mass is 19.1. The van der Waals surface area contributed by atoms with Crippen molar-refractivity contribution in [2.75, 3.05) is 7.05 Å². The van der Waals surface area contributed by atoms with Crippen LogP contribution in [0.2, 0.25) is 0 Å². The molecule has 3 nitrogen and oxygen atoms in total. The van der Waals surface area contributed by atoms with Crippen LogP contribution in [0.1, 0.15) is 24.1 Å². The van der Waals surface area contributed by atoms with Gasteiger partial charge in [-0.25, -0.2) is 8.78 Å². The standard InChI is InChI=1S/C13H15F2N3/c1-9(16-2)11-6-17-18(8-11)7-10-3-12(14)5-13(15)4-10/h3-6,8-9,16H,7H2,1-2H3. The average Bonchev–Trinajstić information content (AvgIpc) is 2.75. The van der Waals surface area contributed by atoms with E-state index < -0.39 is 11.6 Å². The molecule has 1 atom stereocenters. The van der Waals surface area contributed by atoms with Crippen LogP contribution in [0.3, 0.4) is 0 Å². The van der Waals surface area contributed by atoms with Crippen molar-refractivity contribution in [2.45, 2.75) is 19.5 Å². The average molecular weight is 251 g/mol. The first kappa shape index (κ1) is 12.7. The molecular weight excluding hydrogens is 236 g/mol. The van der Waals surface area contributed by atoms with Crippen molar-refractivity contribution in [3.8, 4) is 0 Å². The Bertz CT molecular complexity index is 517. The Hall–Kier alpha value is -1.75. The summed E-state index contributed by atoms with van der Waals surface area (Å²) in [5, 5.41) is 7.27. The van der Waals surface area contributed by atoms with E-state index in [1.165, 1.54) is 12.1 Å². The largest absolute Gasteiger partial charge is 0.313 e. The normalized spacial score (nSPS) is 12.7. The zero-order valence-corrected chi connectivity index (χ0v) is 10.3. The molecule has 0 bridgehead atoms. The molecule has 1 N–H and O–H groups in total. The van der Waals surface area contributed by atoms with E-state index in [0.29, 0.717) is 12.1 Å². The first-order valence-corrected chi connectivity index (χ1v) is 5.73. The Kier molecular flexibility index (Phi) is 3.72. The van der Waals surface area contributed by atoms with Crippen LogP contribution < -0.4 is 5.32 Å². The minimum Gasteiger partial charge on any atom is -0.313 e. The molecule has 0 spiro atoms. The van der Waals surface area contributed by atoms with Crippen LogP contribution in [0.25, 0.3) is 0 Å². The number of rotatable bonds is 4. The quantitative estimate of drug-likeness (QED) is 0.904. The van der Waals surface area contributed by atoms with E-state index in [4.69, 9.17) is 0 Å². The van der Waals surface area contributed by atoms with Crippen molar-refractivity contribution in [3.63, 3.8) is 0 Å². The molecule has 0 saturated heterocycles. The van der Waals surface area contributed by atoms with Gasteiger partial charge in [0.1, 0.15) is 11.6 Å². The lowest BCUT2D eigenvalue weighted by Crippen LogP contribution is -2.11. The lowest BCUT2D eigenvalue weighted by atomic mass is 10.2. The van der Waals surface area contributed by atoms with Gasteiger partial charge in [0.2, 0.25) is 0 Å². The number of nitrogens with zero attached hydrogens (tertiary/aromatic N) is 2. The fourth-order valence-corrected chi connectivity index (χ4v) is 1.75. The summed E-state index contributed by atoms with van der Waals surface area (Å²) in [6.45, 7) is 2.37. The maximum Gasteiger partial charge on any atom is 0.126 e. The summed E-state index contributed by atoms with van der Waals surface area (Å²) in [5.41, 5.74) is 1.59. The van der Waals surface area contributed by atoms with Gasteiger partial charge in [0.25, 0.3) is 0 Å². The number of hydrogen-bond acceptors (Lipinski definition) is 2. The van der Waals surface area contributed by atoms with Gasteiger partial charge in [-0.3, -0.25) is 4.68 Å². The second-order valence-corrected chi connectivity index (χ2v) is 4.26. The molecule has 1 aromatic heterocycles. The maximum atomic E-state index is 13.0. The lowest BCUT2D eigenvalue weighted by molar-refractivity contribution is 0.574. The van der Waals surface area contributed by atoms with Gasteiger partial charge in [0.05, 0.1) is 12.7 Å². The van der Waals surface area contributed by atoms with E-state index in [-0.39, 0.29) is 6.04 Å². The molecule has 0 fully saturated rings. The van der Waals surface area contributed by atoms with Crippen LogP contribution >= 0.6 is 0 Å². The molecule has 0 radical (unpaired) electrons. The fourth-order valence-electron chi connectivity index (χ4n) is 1.75. The summed E-state index contributed by atoms with van der Waals surface area (Å²) in [7, 11) is 1.87. The third-order valence-corrected chi connectivity index (χ3v) is 2.85. The van der Waals surface area contributed by atoms with Gasteiger partial charge in [-0.15, -0.1) is 0 Å². The molecule has 1 unspecified atom stereocenters. The summed E-state index contributed by atoms with van der Waals surface area (Å²) in [6.07, 6.45) is 3.61. The Labute approximate surface area is 104 Å². The minimum absolute atomic E-state index is 0.197. The maximum absolute atomic E-state index is 13.0. The topological polar surface area (TPSA) is 29.9 Å². The summed E-state index contributed by atoms with van der Waals surface area (Å²) in [6, 6.07) is 3.68. The van der Waals surface area contributed by atoms with E-state index in [9.17, 15) is 8.78 Å². The Balaban J connectivity index is 2.16. The minimum atomic E-state index is -0.569. The van der Waals surface area contributed by atoms with Gasteiger partial charge in [0, 0.05) is 23.9 Å². The van der Waals surface area contributed by atoms with Crippen molar-refractivity contribution < 1.29 is 8.78 Å². The van der Waals surface area contributed by atoms with Crippen LogP contribution in [0.5, 0.6) is 0 Å². The Morgan fingerprint density at radius 3 is 2.56 bits per heavy atom. The summed E-state index contributed by atoms with van der Waals surface area (Å²) in [4.78, 5) is 0. The molecule has 2 aromatic rings. The molecule has 1 aromatic carbocycles. The van der Waals surface area contributed by atoms with Gasteiger partial charge in [-0.05, 0) is 31.7 Å². The molecular formula is C13H15F2N3. The smallest absolute Gasteiger partial charge is 0.126 e. The Morgan fingerprint density at radius 2 is 1.94 bits per heavy atom. The van der Waals surface area contributed by atoms with Crippen molar-refractivity contribution in [3.05, 3.63) is 53.4 Å². The van der Waals surface area contributed by atoms with Crippen LogP contribution in [0, 0.1) is 11.6 Å². The first-order chi connectivity index (χ1) is 8.58. The van der Waals surface area contributed by atoms with E-state index in [2.05, 4.69) is 10.4 Å². The zero-order valence-electron chi connectivity index (χ0n) is 10.3. The van der Waals surface area contributed by atoms with Gasteiger partial charge in [-0.2, -0.15) is 5.10 Å². The highest BCUT2D eigenvalue weighted by Crippen LogP contribution is 2.13. The molecule has 0 amide bonds. The van der Waals surface area contributed by atoms with Crippen molar-refractivity contribution in [2.24, 2.45) is 0 Å². The monoisotopic (exact) mass is 251 g/mol. The van der Waals surface area contributed by atoms with Crippen LogP contribution in [0.4, 0.5) is 8.78 Å². The molecule has 0 saturated carbocycles. The predicted molar refractivity (Wildman–Crippen MR) is 65.2 cm³/mol. The van der Waals surface area contributed by atoms with Crippen LogP contribution in [-0.2, 0) is 6.54 Å². The molecule has 0 aliphatic heterocycles. The first-order valence-electron chi connectivity index (χ1n) is 5.73. The van der Waals surface area contributed by atoms with Crippen molar-refractivity contribution >= 4 is 0 Å². The highest BCUT2D eigenvalue weighted by Gasteiger charge is 2.07. The molecule has 0 aliphatic carbocycles. The van der Waals surface area contributed by atoms with Gasteiger partial charge in [-0.1, -0.05) is 0 Å². The Morgan fingerprint density at radius 1 is 1.28 bits per heavy atom. The summed E-state index contributed by atoms with van der Waals surface area (Å²) >= 11 is 0. The molecule has 0 aliphatic rings. The van der Waals surface area contributed by atoms with Crippen molar-refractivity contribution in [1.29, 1.82) is 0 Å². The number of nitrogens with one attached hydrogen (secondary N) is 1. The van der Waals surface area contributed by atoms with Gasteiger partial charge >= 0.3 is 0 Å². The molecule has 5 heteroatoms. The van der Waals surface area contributed by atoms with Crippen LogP contribution in [-0.4, -0.2) is 16.8 Å². The SMILES string of the molecule is CNC(C)c1cnn(Cc2cc(F)cc(F)c2)c1. The molecule has 1 heterocycles. The third kappa shape index (κ3) is 2.92. The summed E-state index contributed by atoms with van der Waals surface area (Å²) in [5.74, 6) is -1.14. The third-order valence-electron chi connectivity index (χ3n) is 2.85. The van der Waals surface area contributed by atoms with E-state index >= 15 is 0 Å². The fraction of sp³-hybridized carbons (Fsp3) is 0.308. The molecule has 96 valence electrons.